The molecule has 0 radical (unpaired) electrons. The number of para-hydroxylation sites is 1. The van der Waals surface area contributed by atoms with Crippen LogP contribution in [0.4, 0.5) is 5.00 Å². The third-order valence-electron chi connectivity index (χ3n) is 4.61. The number of aliphatic imine (C=N–C) groups is 1. The number of carbonyl (C=O) groups is 1. The molecule has 1 N–H and O–H groups in total. The Morgan fingerprint density at radius 2 is 2.07 bits per heavy atom. The third kappa shape index (κ3) is 3.49. The van der Waals surface area contributed by atoms with Gasteiger partial charge in [0, 0.05) is 23.5 Å². The summed E-state index contributed by atoms with van der Waals surface area (Å²) in [4.78, 5) is 18.2. The van der Waals surface area contributed by atoms with Gasteiger partial charge in [0.25, 0.3) is 0 Å². The lowest BCUT2D eigenvalue weighted by Gasteiger charge is -2.03. The van der Waals surface area contributed by atoms with Gasteiger partial charge in [0.15, 0.2) is 0 Å². The van der Waals surface area contributed by atoms with E-state index in [1.807, 2.05) is 38.2 Å². The zero-order chi connectivity index (χ0) is 19.6. The van der Waals surface area contributed by atoms with Crippen molar-refractivity contribution in [2.24, 2.45) is 12.0 Å². The molecule has 2 aromatic heterocycles. The van der Waals surface area contributed by atoms with E-state index >= 15 is 0 Å². The average molecular weight is 385 g/mol. The minimum absolute atomic E-state index is 0.152. The number of benzene rings is 1. The van der Waals surface area contributed by atoms with Crippen LogP contribution in [0.2, 0.25) is 0 Å². The predicted molar refractivity (Wildman–Crippen MR) is 111 cm³/mol. The minimum Gasteiger partial charge on any atom is -0.494 e. The number of aryl methyl sites for hydroxylation is 2. The number of hydrogen-bond donors (Lipinski definition) is 1. The molecule has 6 heteroatoms. The molecule has 142 valence electrons. The van der Waals surface area contributed by atoms with Crippen LogP contribution in [0.1, 0.15) is 46.6 Å². The van der Waals surface area contributed by atoms with Crippen molar-refractivity contribution in [2.75, 3.05) is 6.61 Å². The number of esters is 1. The van der Waals surface area contributed by atoms with Gasteiger partial charge in [-0.05, 0) is 31.9 Å². The van der Waals surface area contributed by atoms with Crippen molar-refractivity contribution in [1.29, 1.82) is 0 Å². The van der Waals surface area contributed by atoms with E-state index in [-0.39, 0.29) is 11.8 Å². The molecular formula is C21H24N2O3S. The first-order valence-corrected chi connectivity index (χ1v) is 9.91. The fourth-order valence-corrected chi connectivity index (χ4v) is 4.44. The van der Waals surface area contributed by atoms with Crippen LogP contribution in [0.5, 0.6) is 5.88 Å². The second-order valence-corrected chi connectivity index (χ2v) is 7.46. The van der Waals surface area contributed by atoms with Crippen LogP contribution in [0, 0.1) is 6.92 Å². The highest BCUT2D eigenvalue weighted by Gasteiger charge is 2.22. The first-order valence-electron chi connectivity index (χ1n) is 9.09. The number of ether oxygens (including phenoxy) is 1. The Morgan fingerprint density at radius 3 is 2.78 bits per heavy atom. The second kappa shape index (κ2) is 7.96. The van der Waals surface area contributed by atoms with Crippen molar-refractivity contribution in [3.8, 4) is 5.88 Å². The van der Waals surface area contributed by atoms with Gasteiger partial charge >= 0.3 is 5.97 Å². The predicted octanol–water partition coefficient (Wildman–Crippen LogP) is 5.13. The summed E-state index contributed by atoms with van der Waals surface area (Å²) in [5.41, 5.74) is 3.04. The van der Waals surface area contributed by atoms with E-state index in [0.717, 1.165) is 34.2 Å². The molecule has 2 heterocycles. The van der Waals surface area contributed by atoms with Gasteiger partial charge < -0.3 is 14.4 Å². The highest BCUT2D eigenvalue weighted by Crippen LogP contribution is 2.37. The Balaban J connectivity index is 2.09. The molecule has 3 aromatic rings. The van der Waals surface area contributed by atoms with Gasteiger partial charge in [-0.2, -0.15) is 0 Å². The molecule has 0 aliphatic carbocycles. The summed E-state index contributed by atoms with van der Waals surface area (Å²) in [6, 6.07) is 7.76. The fourth-order valence-electron chi connectivity index (χ4n) is 3.20. The molecule has 5 nitrogen and oxygen atoms in total. The van der Waals surface area contributed by atoms with E-state index in [4.69, 9.17) is 4.74 Å². The van der Waals surface area contributed by atoms with Crippen LogP contribution in [-0.2, 0) is 18.2 Å². The molecule has 0 saturated carbocycles. The quantitative estimate of drug-likeness (QED) is 0.473. The van der Waals surface area contributed by atoms with Crippen molar-refractivity contribution >= 4 is 39.4 Å². The number of aromatic hydroxyl groups is 1. The largest absolute Gasteiger partial charge is 0.494 e. The summed E-state index contributed by atoms with van der Waals surface area (Å²) in [7, 11) is 1.81. The first kappa shape index (κ1) is 19.2. The zero-order valence-electron chi connectivity index (χ0n) is 16.1. The Hall–Kier alpha value is -2.60. The first-order chi connectivity index (χ1) is 13.0. The third-order valence-corrected chi connectivity index (χ3v) is 5.87. The van der Waals surface area contributed by atoms with Crippen LogP contribution >= 0.6 is 11.3 Å². The maximum atomic E-state index is 12.5. The molecule has 0 aliphatic heterocycles. The number of thiophene rings is 1. The number of rotatable bonds is 6. The summed E-state index contributed by atoms with van der Waals surface area (Å²) >= 11 is 1.52. The zero-order valence-corrected chi connectivity index (χ0v) is 16.9. The van der Waals surface area contributed by atoms with Crippen LogP contribution in [0.25, 0.3) is 10.9 Å². The average Bonchev–Trinajstić information content (AvgIpc) is 3.09. The molecule has 3 rings (SSSR count). The minimum atomic E-state index is -0.345. The fraction of sp³-hybridized carbons (Fsp3) is 0.333. The maximum Gasteiger partial charge on any atom is 0.341 e. The van der Waals surface area contributed by atoms with E-state index in [1.54, 1.807) is 17.7 Å². The van der Waals surface area contributed by atoms with Crippen molar-refractivity contribution in [1.82, 2.24) is 4.57 Å². The maximum absolute atomic E-state index is 12.5. The van der Waals surface area contributed by atoms with Crippen molar-refractivity contribution in [3.63, 3.8) is 0 Å². The molecule has 0 amide bonds. The molecule has 0 atom stereocenters. The lowest BCUT2D eigenvalue weighted by molar-refractivity contribution is 0.0527. The summed E-state index contributed by atoms with van der Waals surface area (Å²) in [6.45, 7) is 6.18. The van der Waals surface area contributed by atoms with E-state index in [2.05, 4.69) is 11.9 Å². The number of aromatic nitrogens is 1. The number of carbonyl (C=O) groups excluding carboxylic acids is 1. The van der Waals surface area contributed by atoms with Gasteiger partial charge in [0.05, 0.1) is 23.3 Å². The molecule has 0 unspecified atom stereocenters. The second-order valence-electron chi connectivity index (χ2n) is 6.37. The molecule has 0 spiro atoms. The van der Waals surface area contributed by atoms with Crippen LogP contribution in [0.15, 0.2) is 29.3 Å². The van der Waals surface area contributed by atoms with Gasteiger partial charge in [-0.25, -0.2) is 9.79 Å². The monoisotopic (exact) mass is 384 g/mol. The lowest BCUT2D eigenvalue weighted by atomic mass is 10.1. The highest BCUT2D eigenvalue weighted by atomic mass is 32.1. The number of hydrogen-bond acceptors (Lipinski definition) is 5. The SMILES string of the molecule is CCCc1sc(N=Cc2c(O)n(C)c3ccccc23)c(C(=O)OCC)c1C. The topological polar surface area (TPSA) is 63.8 Å². The van der Waals surface area contributed by atoms with E-state index in [1.165, 1.54) is 11.3 Å². The Morgan fingerprint density at radius 1 is 1.33 bits per heavy atom. The summed E-state index contributed by atoms with van der Waals surface area (Å²) in [5.74, 6) is -0.192. The van der Waals surface area contributed by atoms with E-state index < -0.39 is 0 Å². The molecular weight excluding hydrogens is 360 g/mol. The molecule has 0 aliphatic rings. The molecule has 0 bridgehead atoms. The Bertz CT molecular complexity index is 1010. The summed E-state index contributed by atoms with van der Waals surface area (Å²) in [5, 5.41) is 12.0. The van der Waals surface area contributed by atoms with Crippen LogP contribution in [0.3, 0.4) is 0 Å². The van der Waals surface area contributed by atoms with Crippen LogP contribution in [-0.4, -0.2) is 28.5 Å². The normalized spacial score (nSPS) is 11.6. The van der Waals surface area contributed by atoms with Gasteiger partial charge in [0.2, 0.25) is 5.88 Å². The van der Waals surface area contributed by atoms with Crippen molar-refractivity contribution < 1.29 is 14.6 Å². The standard InChI is InChI=1S/C21H24N2O3S/c1-5-9-17-13(3)18(21(25)26-6-2)19(27-17)22-12-15-14-10-7-8-11-16(14)23(4)20(15)24/h7-8,10-12,24H,5-6,9H2,1-4H3. The summed E-state index contributed by atoms with van der Waals surface area (Å²) in [6.07, 6.45) is 3.54. The van der Waals surface area contributed by atoms with Gasteiger partial charge in [-0.1, -0.05) is 31.5 Å². The van der Waals surface area contributed by atoms with Gasteiger partial charge in [-0.15, -0.1) is 11.3 Å². The molecule has 27 heavy (non-hydrogen) atoms. The molecule has 1 aromatic carbocycles. The Labute approximate surface area is 162 Å². The lowest BCUT2D eigenvalue weighted by Crippen LogP contribution is -2.05. The highest BCUT2D eigenvalue weighted by molar-refractivity contribution is 7.16. The van der Waals surface area contributed by atoms with Gasteiger partial charge in [-0.3, -0.25) is 0 Å². The van der Waals surface area contributed by atoms with Gasteiger partial charge in [0.1, 0.15) is 5.00 Å². The molecule has 0 fully saturated rings. The number of fused-ring (bicyclic) bond motifs is 1. The smallest absolute Gasteiger partial charge is 0.341 e. The van der Waals surface area contributed by atoms with E-state index in [0.29, 0.717) is 22.7 Å². The molecule has 0 saturated heterocycles. The van der Waals surface area contributed by atoms with Crippen molar-refractivity contribution in [3.05, 3.63) is 45.8 Å². The Kier molecular flexibility index (Phi) is 5.65. The summed E-state index contributed by atoms with van der Waals surface area (Å²) < 4.78 is 6.96. The van der Waals surface area contributed by atoms with E-state index in [9.17, 15) is 9.90 Å². The van der Waals surface area contributed by atoms with Crippen molar-refractivity contribution in [2.45, 2.75) is 33.6 Å². The van der Waals surface area contributed by atoms with Crippen LogP contribution < -0.4 is 0 Å². The number of nitrogens with zero attached hydrogens (tertiary/aromatic N) is 2.